The third-order valence-electron chi connectivity index (χ3n) is 0.666. The van der Waals surface area contributed by atoms with Crippen molar-refractivity contribution >= 4 is 12.1 Å². The van der Waals surface area contributed by atoms with E-state index in [0.29, 0.717) is 0 Å². The number of rotatable bonds is 4. The highest BCUT2D eigenvalue weighted by atomic mass is 32.2. The quantitative estimate of drug-likeness (QED) is 0.443. The molecule has 0 spiro atoms. The van der Waals surface area contributed by atoms with Crippen molar-refractivity contribution in [2.75, 3.05) is 13.6 Å². The summed E-state index contributed by atoms with van der Waals surface area (Å²) in [7, 11) is 1.90. The van der Waals surface area contributed by atoms with Crippen LogP contribution in [0.1, 0.15) is 13.8 Å². The van der Waals surface area contributed by atoms with E-state index in [1.54, 1.807) is 0 Å². The lowest BCUT2D eigenvalue weighted by atomic mass is 10.2. The molecule has 2 nitrogen and oxygen atoms in total. The van der Waals surface area contributed by atoms with Crippen LogP contribution < -0.4 is 9.44 Å². The van der Waals surface area contributed by atoms with E-state index in [0.717, 1.165) is 12.5 Å². The van der Waals surface area contributed by atoms with Gasteiger partial charge in [0.05, 0.1) is 0 Å². The molecule has 0 heterocycles. The second kappa shape index (κ2) is 5.41. The van der Waals surface area contributed by atoms with Crippen molar-refractivity contribution in [1.29, 1.82) is 0 Å². The van der Waals surface area contributed by atoms with Crippen LogP contribution in [-0.4, -0.2) is 13.6 Å². The molecule has 0 aliphatic carbocycles. The number of hydrogen-bond donors (Lipinski definition) is 2. The van der Waals surface area contributed by atoms with Crippen LogP contribution in [0.5, 0.6) is 0 Å². The van der Waals surface area contributed by atoms with E-state index < -0.39 is 0 Å². The topological polar surface area (TPSA) is 24.1 Å². The Bertz CT molecular complexity index is 47.7. The van der Waals surface area contributed by atoms with Crippen LogP contribution in [-0.2, 0) is 0 Å². The van der Waals surface area contributed by atoms with Gasteiger partial charge in [0.2, 0.25) is 0 Å². The highest BCUT2D eigenvalue weighted by Gasteiger charge is 1.89. The Morgan fingerprint density at radius 2 is 2.12 bits per heavy atom. The molecule has 0 rings (SSSR count). The van der Waals surface area contributed by atoms with Gasteiger partial charge in [0.1, 0.15) is 0 Å². The molecular formula is C5H14N2S. The van der Waals surface area contributed by atoms with Gasteiger partial charge < -0.3 is 0 Å². The number of hydrogen-bond acceptors (Lipinski definition) is 3. The van der Waals surface area contributed by atoms with Crippen molar-refractivity contribution in [3.8, 4) is 0 Å². The Labute approximate surface area is 55.7 Å². The van der Waals surface area contributed by atoms with Gasteiger partial charge in [-0.15, -0.1) is 0 Å². The largest absolute Gasteiger partial charge is 0.254 e. The van der Waals surface area contributed by atoms with Gasteiger partial charge in [-0.25, -0.2) is 0 Å². The van der Waals surface area contributed by atoms with E-state index in [9.17, 15) is 0 Å². The van der Waals surface area contributed by atoms with Crippen molar-refractivity contribution in [3.05, 3.63) is 0 Å². The molecule has 8 heavy (non-hydrogen) atoms. The molecule has 0 atom stereocenters. The van der Waals surface area contributed by atoms with Gasteiger partial charge in [0.25, 0.3) is 0 Å². The van der Waals surface area contributed by atoms with Gasteiger partial charge in [-0.2, -0.15) is 0 Å². The smallest absolute Gasteiger partial charge is 0.00935 e. The summed E-state index contributed by atoms with van der Waals surface area (Å²) in [6.45, 7) is 5.43. The Kier molecular flexibility index (Phi) is 5.59. The van der Waals surface area contributed by atoms with Crippen LogP contribution in [0.3, 0.4) is 0 Å². The molecule has 0 fully saturated rings. The standard InChI is InChI=1S/C5H14N2S/c1-5(2)4-7-8-6-3/h5-7H,4H2,1-3H3. The molecule has 0 aromatic rings. The summed E-state index contributed by atoms with van der Waals surface area (Å²) >= 11 is 1.54. The Hall–Kier alpha value is 0.270. The molecule has 0 saturated heterocycles. The summed E-state index contributed by atoms with van der Waals surface area (Å²) in [5.74, 6) is 0.732. The normalized spacial score (nSPS) is 10.5. The minimum atomic E-state index is 0.732. The van der Waals surface area contributed by atoms with Crippen LogP contribution in [0, 0.1) is 5.92 Å². The van der Waals surface area contributed by atoms with Gasteiger partial charge >= 0.3 is 0 Å². The summed E-state index contributed by atoms with van der Waals surface area (Å²) in [6, 6.07) is 0. The summed E-state index contributed by atoms with van der Waals surface area (Å²) in [6.07, 6.45) is 0. The lowest BCUT2D eigenvalue weighted by molar-refractivity contribution is 0.639. The van der Waals surface area contributed by atoms with Gasteiger partial charge in [-0.3, -0.25) is 9.44 Å². The second-order valence-corrected chi connectivity index (χ2v) is 2.95. The van der Waals surface area contributed by atoms with Gasteiger partial charge in [-0.05, 0) is 13.0 Å². The van der Waals surface area contributed by atoms with E-state index in [1.807, 2.05) is 7.05 Å². The lowest BCUT2D eigenvalue weighted by Gasteiger charge is -2.03. The second-order valence-electron chi connectivity index (χ2n) is 2.05. The minimum absolute atomic E-state index is 0.732. The molecule has 0 unspecified atom stereocenters. The summed E-state index contributed by atoms with van der Waals surface area (Å²) < 4.78 is 6.07. The van der Waals surface area contributed by atoms with Crippen LogP contribution in [0.25, 0.3) is 0 Å². The highest BCUT2D eigenvalue weighted by molar-refractivity contribution is 7.95. The highest BCUT2D eigenvalue weighted by Crippen LogP contribution is 1.90. The molecule has 0 bridgehead atoms. The molecular weight excluding hydrogens is 120 g/mol. The predicted octanol–water partition coefficient (Wildman–Crippen LogP) is 1.01. The van der Waals surface area contributed by atoms with Crippen LogP contribution >= 0.6 is 12.1 Å². The van der Waals surface area contributed by atoms with Gasteiger partial charge in [0, 0.05) is 18.7 Å². The fourth-order valence-electron chi connectivity index (χ4n) is 0.281. The van der Waals surface area contributed by atoms with Crippen LogP contribution in [0.15, 0.2) is 0 Å². The monoisotopic (exact) mass is 134 g/mol. The molecule has 0 saturated carbocycles. The molecule has 0 aliphatic rings. The molecule has 0 amide bonds. The average molecular weight is 134 g/mol. The Morgan fingerprint density at radius 1 is 1.50 bits per heavy atom. The summed E-state index contributed by atoms with van der Waals surface area (Å²) in [5.41, 5.74) is 0. The van der Waals surface area contributed by atoms with Crippen molar-refractivity contribution in [3.63, 3.8) is 0 Å². The van der Waals surface area contributed by atoms with E-state index >= 15 is 0 Å². The van der Waals surface area contributed by atoms with Gasteiger partial charge in [-0.1, -0.05) is 13.8 Å². The number of nitrogens with one attached hydrogen (secondary N) is 2. The van der Waals surface area contributed by atoms with E-state index in [1.165, 1.54) is 12.1 Å². The zero-order valence-electron chi connectivity index (χ0n) is 5.69. The lowest BCUT2D eigenvalue weighted by Crippen LogP contribution is -2.15. The third-order valence-corrected chi connectivity index (χ3v) is 1.18. The first-order valence-corrected chi connectivity index (χ1v) is 3.64. The molecule has 0 aromatic heterocycles. The van der Waals surface area contributed by atoms with Gasteiger partial charge in [0.15, 0.2) is 0 Å². The van der Waals surface area contributed by atoms with Crippen molar-refractivity contribution < 1.29 is 0 Å². The maximum Gasteiger partial charge on any atom is 0.00935 e. The minimum Gasteiger partial charge on any atom is -0.254 e. The first-order chi connectivity index (χ1) is 3.77. The summed E-state index contributed by atoms with van der Waals surface area (Å²) in [4.78, 5) is 0. The van der Waals surface area contributed by atoms with E-state index in [4.69, 9.17) is 0 Å². The molecule has 0 aliphatic heterocycles. The predicted molar refractivity (Wildman–Crippen MR) is 39.5 cm³/mol. The zero-order chi connectivity index (χ0) is 6.41. The van der Waals surface area contributed by atoms with Crippen molar-refractivity contribution in [1.82, 2.24) is 9.44 Å². The first kappa shape index (κ1) is 8.27. The van der Waals surface area contributed by atoms with Crippen LogP contribution in [0.2, 0.25) is 0 Å². The average Bonchev–Trinajstić information content (AvgIpc) is 1.66. The molecule has 0 aromatic carbocycles. The Balaban J connectivity index is 2.72. The SMILES string of the molecule is CNSNCC(C)C. The fourth-order valence-corrected chi connectivity index (χ4v) is 0.842. The maximum atomic E-state index is 3.14. The molecule has 2 N–H and O–H groups in total. The summed E-state index contributed by atoms with van der Waals surface area (Å²) in [5, 5.41) is 0. The van der Waals surface area contributed by atoms with Crippen molar-refractivity contribution in [2.45, 2.75) is 13.8 Å². The van der Waals surface area contributed by atoms with Crippen molar-refractivity contribution in [2.24, 2.45) is 5.92 Å². The molecule has 3 heteroatoms. The molecule has 50 valence electrons. The fraction of sp³-hybridized carbons (Fsp3) is 1.00. The van der Waals surface area contributed by atoms with Crippen LogP contribution in [0.4, 0.5) is 0 Å². The van der Waals surface area contributed by atoms with E-state index in [2.05, 4.69) is 23.3 Å². The van der Waals surface area contributed by atoms with E-state index in [-0.39, 0.29) is 0 Å². The zero-order valence-corrected chi connectivity index (χ0v) is 6.51. The first-order valence-electron chi connectivity index (χ1n) is 2.82. The Morgan fingerprint density at radius 3 is 2.50 bits per heavy atom. The third kappa shape index (κ3) is 6.27. The molecule has 0 radical (unpaired) electrons. The maximum absolute atomic E-state index is 3.14.